The fourth-order valence-corrected chi connectivity index (χ4v) is 3.08. The maximum absolute atomic E-state index is 11.4. The van der Waals surface area contributed by atoms with Gasteiger partial charge in [-0.15, -0.1) is 0 Å². The van der Waals surface area contributed by atoms with Crippen molar-refractivity contribution in [1.29, 1.82) is 0 Å². The Morgan fingerprint density at radius 1 is 0.769 bits per heavy atom. The maximum Gasteiger partial charge on any atom is 0.277 e. The van der Waals surface area contributed by atoms with E-state index >= 15 is 0 Å². The van der Waals surface area contributed by atoms with Crippen LogP contribution in [-0.2, 0) is 0 Å². The third-order valence-corrected chi connectivity index (χ3v) is 4.10. The molecule has 26 heavy (non-hydrogen) atoms. The summed E-state index contributed by atoms with van der Waals surface area (Å²) in [5.74, 6) is 0. The lowest BCUT2D eigenvalue weighted by atomic mass is 9.95. The van der Waals surface area contributed by atoms with Crippen LogP contribution in [0.2, 0.25) is 0 Å². The van der Waals surface area contributed by atoms with Gasteiger partial charge in [0.1, 0.15) is 0 Å². The Morgan fingerprint density at radius 2 is 1.31 bits per heavy atom. The van der Waals surface area contributed by atoms with Crippen LogP contribution < -0.4 is 5.73 Å². The SMILES string of the molecule is C[N+](=O)[O-].Nc1c2ccccc2cc2c1cc([N+](=O)[O-])c1ccccc12. The molecule has 7 heteroatoms. The fraction of sp³-hybridized carbons (Fsp3) is 0.0526. The van der Waals surface area contributed by atoms with Crippen LogP contribution in [0.25, 0.3) is 32.3 Å². The second-order valence-corrected chi connectivity index (χ2v) is 5.74. The van der Waals surface area contributed by atoms with Gasteiger partial charge in [-0.3, -0.25) is 20.2 Å². The summed E-state index contributed by atoms with van der Waals surface area (Å²) in [4.78, 5) is 19.4. The molecule has 0 saturated carbocycles. The maximum atomic E-state index is 11.4. The van der Waals surface area contributed by atoms with E-state index in [0.717, 1.165) is 34.0 Å². The van der Waals surface area contributed by atoms with Gasteiger partial charge < -0.3 is 5.73 Å². The van der Waals surface area contributed by atoms with Gasteiger partial charge in [0.05, 0.1) is 10.3 Å². The number of hydrogen-bond donors (Lipinski definition) is 1. The zero-order chi connectivity index (χ0) is 18.8. The Balaban J connectivity index is 0.000000447. The molecule has 0 aliphatic rings. The lowest BCUT2D eigenvalue weighted by molar-refractivity contribution is -0.445. The fourth-order valence-electron chi connectivity index (χ4n) is 3.08. The summed E-state index contributed by atoms with van der Waals surface area (Å²) in [5, 5.41) is 25.3. The summed E-state index contributed by atoms with van der Waals surface area (Å²) >= 11 is 0. The minimum absolute atomic E-state index is 0.0880. The number of non-ortho nitro benzene ring substituents is 1. The van der Waals surface area contributed by atoms with Gasteiger partial charge in [-0.25, -0.2) is 0 Å². The Morgan fingerprint density at radius 3 is 1.92 bits per heavy atom. The van der Waals surface area contributed by atoms with Gasteiger partial charge in [-0.1, -0.05) is 42.5 Å². The molecule has 2 N–H and O–H groups in total. The molecule has 0 saturated heterocycles. The summed E-state index contributed by atoms with van der Waals surface area (Å²) < 4.78 is 0. The molecule has 0 spiro atoms. The number of fused-ring (bicyclic) bond motifs is 4. The van der Waals surface area contributed by atoms with Gasteiger partial charge in [0.2, 0.25) is 0 Å². The molecule has 130 valence electrons. The van der Waals surface area contributed by atoms with Crippen LogP contribution in [0, 0.1) is 20.2 Å². The zero-order valence-electron chi connectivity index (χ0n) is 13.9. The molecule has 0 fully saturated rings. The molecule has 0 aliphatic heterocycles. The second-order valence-electron chi connectivity index (χ2n) is 5.74. The minimum atomic E-state index is -0.500. The quantitative estimate of drug-likeness (QED) is 0.178. The van der Waals surface area contributed by atoms with Gasteiger partial charge in [0, 0.05) is 27.4 Å². The van der Waals surface area contributed by atoms with Gasteiger partial charge >= 0.3 is 0 Å². The number of nitro benzene ring substituents is 1. The van der Waals surface area contributed by atoms with Crippen LogP contribution >= 0.6 is 0 Å². The molecule has 0 unspecified atom stereocenters. The number of nitrogens with zero attached hydrogens (tertiary/aromatic N) is 2. The molecule has 4 rings (SSSR count). The highest BCUT2D eigenvalue weighted by Gasteiger charge is 2.17. The lowest BCUT2D eigenvalue weighted by Crippen LogP contribution is -1.94. The van der Waals surface area contributed by atoms with Gasteiger partial charge in [0.25, 0.3) is 5.69 Å². The first-order valence-corrected chi connectivity index (χ1v) is 7.75. The van der Waals surface area contributed by atoms with E-state index in [4.69, 9.17) is 15.8 Å². The number of hydrogen-bond acceptors (Lipinski definition) is 5. The highest BCUT2D eigenvalue weighted by molar-refractivity contribution is 6.20. The third-order valence-electron chi connectivity index (χ3n) is 4.10. The van der Waals surface area contributed by atoms with Crippen molar-refractivity contribution in [3.8, 4) is 0 Å². The van der Waals surface area contributed by atoms with Crippen LogP contribution in [0.15, 0.2) is 60.7 Å². The number of nitrogen functional groups attached to an aromatic ring is 1. The molecule has 0 atom stereocenters. The van der Waals surface area contributed by atoms with Crippen molar-refractivity contribution >= 4 is 43.7 Å². The highest BCUT2D eigenvalue weighted by atomic mass is 16.6. The lowest BCUT2D eigenvalue weighted by Gasteiger charge is -2.10. The standard InChI is InChI=1S/C18H12N2O2.CH3NO2/c19-18-12-6-2-1-5-11(12)9-15-13-7-3-4-8-14(13)17(20(21)22)10-16(15)18;1-2(3)4/h1-10H,19H2;1H3. The second kappa shape index (κ2) is 6.64. The number of rotatable bonds is 1. The van der Waals surface area contributed by atoms with Crippen molar-refractivity contribution in [1.82, 2.24) is 0 Å². The topological polar surface area (TPSA) is 112 Å². The summed E-state index contributed by atoms with van der Waals surface area (Å²) in [6.45, 7) is 0. The number of nitro groups is 2. The predicted octanol–water partition coefficient (Wildman–Crippen LogP) is 4.53. The average molecular weight is 349 g/mol. The van der Waals surface area contributed by atoms with Crippen LogP contribution in [0.3, 0.4) is 0 Å². The van der Waals surface area contributed by atoms with Crippen molar-refractivity contribution in [2.75, 3.05) is 12.8 Å². The van der Waals surface area contributed by atoms with Gasteiger partial charge in [0.15, 0.2) is 7.05 Å². The van der Waals surface area contributed by atoms with Crippen molar-refractivity contribution in [3.05, 3.63) is 80.9 Å². The minimum Gasteiger partial charge on any atom is -0.398 e. The van der Waals surface area contributed by atoms with Gasteiger partial charge in [-0.2, -0.15) is 0 Å². The van der Waals surface area contributed by atoms with E-state index in [2.05, 4.69) is 0 Å². The van der Waals surface area contributed by atoms with E-state index < -0.39 is 4.92 Å². The number of benzene rings is 4. The molecular formula is C19H15N3O4. The molecule has 0 aromatic heterocycles. The smallest absolute Gasteiger partial charge is 0.277 e. The first-order chi connectivity index (χ1) is 12.4. The Hall–Kier alpha value is -3.74. The molecule has 4 aromatic rings. The molecular weight excluding hydrogens is 334 g/mol. The highest BCUT2D eigenvalue weighted by Crippen LogP contribution is 2.39. The Bertz CT molecular complexity index is 1170. The number of nitrogens with two attached hydrogens (primary N) is 1. The van der Waals surface area contributed by atoms with Crippen molar-refractivity contribution < 1.29 is 9.85 Å². The summed E-state index contributed by atoms with van der Waals surface area (Å²) in [5.41, 5.74) is 6.97. The van der Waals surface area contributed by atoms with Crippen molar-refractivity contribution in [2.45, 2.75) is 0 Å². The first kappa shape index (κ1) is 17.1. The normalized spacial score (nSPS) is 10.5. The molecule has 0 bridgehead atoms. The summed E-state index contributed by atoms with van der Waals surface area (Å²) in [7, 11) is 0.889. The monoisotopic (exact) mass is 349 g/mol. The van der Waals surface area contributed by atoms with E-state index in [9.17, 15) is 10.1 Å². The predicted molar refractivity (Wildman–Crippen MR) is 103 cm³/mol. The summed E-state index contributed by atoms with van der Waals surface area (Å²) in [6, 6.07) is 18.8. The summed E-state index contributed by atoms with van der Waals surface area (Å²) in [6.07, 6.45) is 0. The van der Waals surface area contributed by atoms with Crippen LogP contribution in [0.4, 0.5) is 11.4 Å². The van der Waals surface area contributed by atoms with Crippen LogP contribution in [0.1, 0.15) is 0 Å². The van der Waals surface area contributed by atoms with Crippen molar-refractivity contribution in [2.24, 2.45) is 0 Å². The van der Waals surface area contributed by atoms with Crippen LogP contribution in [0.5, 0.6) is 0 Å². The molecule has 7 nitrogen and oxygen atoms in total. The zero-order valence-corrected chi connectivity index (χ0v) is 13.9. The van der Waals surface area contributed by atoms with Gasteiger partial charge in [-0.05, 0) is 28.3 Å². The molecule has 0 heterocycles. The van der Waals surface area contributed by atoms with Crippen LogP contribution in [-0.4, -0.2) is 16.9 Å². The Labute approximate surface area is 147 Å². The van der Waals surface area contributed by atoms with E-state index in [1.807, 2.05) is 48.5 Å². The van der Waals surface area contributed by atoms with E-state index in [1.54, 1.807) is 12.1 Å². The van der Waals surface area contributed by atoms with Crippen molar-refractivity contribution in [3.63, 3.8) is 0 Å². The molecule has 0 radical (unpaired) electrons. The average Bonchev–Trinajstić information content (AvgIpc) is 2.61. The molecule has 4 aromatic carbocycles. The largest absolute Gasteiger partial charge is 0.398 e. The molecule has 0 amide bonds. The van der Waals surface area contributed by atoms with E-state index in [1.165, 1.54) is 0 Å². The van der Waals surface area contributed by atoms with E-state index in [-0.39, 0.29) is 10.6 Å². The Kier molecular flexibility index (Phi) is 4.36. The molecule has 0 aliphatic carbocycles. The number of anilines is 1. The first-order valence-electron chi connectivity index (χ1n) is 7.75. The third kappa shape index (κ3) is 2.98. The van der Waals surface area contributed by atoms with E-state index in [0.29, 0.717) is 11.1 Å².